The Balaban J connectivity index is 0.833. The molecule has 2 nitrogen and oxygen atoms in total. The molecule has 0 fully saturated rings. The van der Waals surface area contributed by atoms with Crippen LogP contribution in [0.4, 0.5) is 34.1 Å². The van der Waals surface area contributed by atoms with Gasteiger partial charge >= 0.3 is 0 Å². The number of hydrogen-bond donors (Lipinski definition) is 0. The fourth-order valence-electron chi connectivity index (χ4n) is 13.5. The molecule has 0 aliphatic heterocycles. The van der Waals surface area contributed by atoms with Crippen LogP contribution in [0.15, 0.2) is 353 Å². The molecule has 0 heterocycles. The summed E-state index contributed by atoms with van der Waals surface area (Å²) >= 11 is 0. The molecule has 0 bridgehead atoms. The summed E-state index contributed by atoms with van der Waals surface area (Å²) in [6.07, 6.45) is 5.67. The first-order chi connectivity index (χ1) is 43.6. The molecular formula is C86H60N2. The Kier molecular flexibility index (Phi) is 14.0. The molecule has 0 spiro atoms. The van der Waals surface area contributed by atoms with Crippen LogP contribution in [-0.2, 0) is 0 Å². The molecule has 88 heavy (non-hydrogen) atoms. The molecule has 0 N–H and O–H groups in total. The van der Waals surface area contributed by atoms with E-state index in [1.807, 2.05) is 12.2 Å². The average molecular weight is 1120 g/mol. The van der Waals surface area contributed by atoms with Crippen molar-refractivity contribution in [2.24, 2.45) is 0 Å². The Labute approximate surface area is 514 Å². The van der Waals surface area contributed by atoms with Crippen molar-refractivity contribution in [3.63, 3.8) is 0 Å². The van der Waals surface area contributed by atoms with E-state index in [0.29, 0.717) is 0 Å². The van der Waals surface area contributed by atoms with Crippen molar-refractivity contribution in [3.05, 3.63) is 358 Å². The van der Waals surface area contributed by atoms with Crippen molar-refractivity contribution < 1.29 is 0 Å². The fourth-order valence-corrected chi connectivity index (χ4v) is 13.5. The highest BCUT2D eigenvalue weighted by molar-refractivity contribution is 6.27. The molecule has 2 heteroatoms. The standard InChI is InChI=1S/C86H60N2/c1-3-24-59(4-2)61-43-51-67(52-44-61)87(65-27-10-6-11-28-65)69-55-47-63(48-56-69)83-75-31-14-18-35-79(75)85(80-36-19-15-32-76(80)83)73-41-22-40-72-71(73)39-23-42-74(72)86-81-37-20-16-33-77(81)84(78-34-17-21-38-82(78)86)64-49-57-70(58-50-64)88(66-29-12-7-13-30-66)68-53-45-62(46-54-68)60-25-8-5-9-26-60/h3-58H,1-2H2/b59-24+. The van der Waals surface area contributed by atoms with Crippen molar-refractivity contribution in [2.75, 3.05) is 9.80 Å². The number of anilines is 6. The molecule has 0 aliphatic rings. The summed E-state index contributed by atoms with van der Waals surface area (Å²) < 4.78 is 0. The number of hydrogen-bond acceptors (Lipinski definition) is 2. The smallest absolute Gasteiger partial charge is 0.0462 e. The maximum atomic E-state index is 4.04. The Morgan fingerprint density at radius 1 is 0.227 bits per heavy atom. The van der Waals surface area contributed by atoms with Crippen LogP contribution in [0.3, 0.4) is 0 Å². The molecule has 0 saturated heterocycles. The van der Waals surface area contributed by atoms with Gasteiger partial charge in [-0.05, 0) is 193 Å². The van der Waals surface area contributed by atoms with Gasteiger partial charge in [0.05, 0.1) is 0 Å². The lowest BCUT2D eigenvalue weighted by Crippen LogP contribution is -2.09. The average Bonchev–Trinajstić information content (AvgIpc) is 0.946. The monoisotopic (exact) mass is 1120 g/mol. The van der Waals surface area contributed by atoms with Gasteiger partial charge in [0.15, 0.2) is 0 Å². The molecular weight excluding hydrogens is 1060 g/mol. The van der Waals surface area contributed by atoms with Crippen LogP contribution in [0, 0.1) is 0 Å². The van der Waals surface area contributed by atoms with Crippen LogP contribution in [0.5, 0.6) is 0 Å². The number of fused-ring (bicyclic) bond motifs is 5. The van der Waals surface area contributed by atoms with Crippen molar-refractivity contribution in [3.8, 4) is 55.6 Å². The van der Waals surface area contributed by atoms with Gasteiger partial charge in [-0.25, -0.2) is 0 Å². The van der Waals surface area contributed by atoms with Crippen LogP contribution in [0.2, 0.25) is 0 Å². The zero-order chi connectivity index (χ0) is 58.9. The van der Waals surface area contributed by atoms with Crippen LogP contribution >= 0.6 is 0 Å². The third kappa shape index (κ3) is 9.51. The molecule has 0 aromatic heterocycles. The summed E-state index contributed by atoms with van der Waals surface area (Å²) in [5.41, 5.74) is 20.7. The normalized spacial score (nSPS) is 11.6. The molecule has 0 amide bonds. The third-order valence-corrected chi connectivity index (χ3v) is 17.4. The predicted octanol–water partition coefficient (Wildman–Crippen LogP) is 24.5. The molecule has 0 atom stereocenters. The Morgan fingerprint density at radius 3 is 0.841 bits per heavy atom. The molecule has 414 valence electrons. The SMILES string of the molecule is C=C/C=C(\C=C)c1ccc(N(c2ccccc2)c2ccc(-c3c4ccccc4c(-c4cccc5c(-c6c7ccccc7c(-c7ccc(N(c8ccccc8)c8ccc(-c9ccccc9)cc8)cc7)c7ccccc67)cccc45)c4ccccc34)cc2)cc1. The van der Waals surface area contributed by atoms with E-state index in [2.05, 4.69) is 344 Å². The Bertz CT molecular complexity index is 5010. The first-order valence-electron chi connectivity index (χ1n) is 30.1. The summed E-state index contributed by atoms with van der Waals surface area (Å²) in [5, 5.41) is 12.2. The van der Waals surface area contributed by atoms with Crippen LogP contribution < -0.4 is 9.80 Å². The maximum Gasteiger partial charge on any atom is 0.0462 e. The second-order valence-electron chi connectivity index (χ2n) is 22.3. The summed E-state index contributed by atoms with van der Waals surface area (Å²) in [6.45, 7) is 7.96. The second kappa shape index (κ2) is 23.1. The lowest BCUT2D eigenvalue weighted by Gasteiger charge is -2.26. The minimum Gasteiger partial charge on any atom is -0.311 e. The van der Waals surface area contributed by atoms with E-state index in [-0.39, 0.29) is 0 Å². The largest absolute Gasteiger partial charge is 0.311 e. The van der Waals surface area contributed by atoms with Gasteiger partial charge in [0.1, 0.15) is 0 Å². The highest BCUT2D eigenvalue weighted by Gasteiger charge is 2.23. The molecule has 15 aromatic carbocycles. The number of nitrogens with zero attached hydrogens (tertiary/aromatic N) is 2. The van der Waals surface area contributed by atoms with Gasteiger partial charge in [-0.3, -0.25) is 0 Å². The van der Waals surface area contributed by atoms with Crippen molar-refractivity contribution >= 4 is 93.6 Å². The zero-order valence-electron chi connectivity index (χ0n) is 48.6. The third-order valence-electron chi connectivity index (χ3n) is 17.4. The van der Waals surface area contributed by atoms with E-state index in [9.17, 15) is 0 Å². The Morgan fingerprint density at radius 2 is 0.500 bits per heavy atom. The van der Waals surface area contributed by atoms with E-state index in [4.69, 9.17) is 0 Å². The molecule has 0 aliphatic carbocycles. The quantitative estimate of drug-likeness (QED) is 0.0791. The lowest BCUT2D eigenvalue weighted by atomic mass is 9.82. The van der Waals surface area contributed by atoms with Gasteiger partial charge < -0.3 is 9.80 Å². The van der Waals surface area contributed by atoms with Crippen molar-refractivity contribution in [1.29, 1.82) is 0 Å². The maximum absolute atomic E-state index is 4.04. The van der Waals surface area contributed by atoms with Crippen LogP contribution in [0.1, 0.15) is 5.56 Å². The first kappa shape index (κ1) is 53.2. The van der Waals surface area contributed by atoms with Crippen LogP contribution in [0.25, 0.3) is 115 Å². The molecule has 0 saturated carbocycles. The molecule has 0 unspecified atom stereocenters. The zero-order valence-corrected chi connectivity index (χ0v) is 48.6. The topological polar surface area (TPSA) is 6.48 Å². The van der Waals surface area contributed by atoms with Crippen molar-refractivity contribution in [2.45, 2.75) is 0 Å². The summed E-state index contributed by atoms with van der Waals surface area (Å²) in [5.74, 6) is 0. The highest BCUT2D eigenvalue weighted by Crippen LogP contribution is 2.50. The summed E-state index contributed by atoms with van der Waals surface area (Å²) in [7, 11) is 0. The summed E-state index contributed by atoms with van der Waals surface area (Å²) in [4.78, 5) is 4.66. The Hall–Kier alpha value is -11.6. The van der Waals surface area contributed by atoms with E-state index in [1.165, 1.54) is 104 Å². The molecule has 15 rings (SSSR count). The lowest BCUT2D eigenvalue weighted by molar-refractivity contribution is 1.28. The highest BCUT2D eigenvalue weighted by atomic mass is 15.1. The second-order valence-corrected chi connectivity index (χ2v) is 22.3. The first-order valence-corrected chi connectivity index (χ1v) is 30.1. The number of allylic oxidation sites excluding steroid dienone is 4. The van der Waals surface area contributed by atoms with Gasteiger partial charge in [-0.1, -0.05) is 280 Å². The van der Waals surface area contributed by atoms with E-state index >= 15 is 0 Å². The molecule has 15 aromatic rings. The number of benzene rings is 15. The van der Waals surface area contributed by atoms with E-state index < -0.39 is 0 Å². The van der Waals surface area contributed by atoms with Crippen molar-refractivity contribution in [1.82, 2.24) is 0 Å². The molecule has 0 radical (unpaired) electrons. The number of rotatable bonds is 14. The minimum absolute atomic E-state index is 1.03. The van der Waals surface area contributed by atoms with Gasteiger partial charge in [0, 0.05) is 34.1 Å². The van der Waals surface area contributed by atoms with Gasteiger partial charge in [-0.15, -0.1) is 0 Å². The van der Waals surface area contributed by atoms with E-state index in [1.54, 1.807) is 6.08 Å². The van der Waals surface area contributed by atoms with Gasteiger partial charge in [0.2, 0.25) is 0 Å². The van der Waals surface area contributed by atoms with Crippen LogP contribution in [-0.4, -0.2) is 0 Å². The van der Waals surface area contributed by atoms with E-state index in [0.717, 1.165) is 50.8 Å². The fraction of sp³-hybridized carbons (Fsp3) is 0. The summed E-state index contributed by atoms with van der Waals surface area (Å²) in [6, 6.07) is 118. The van der Waals surface area contributed by atoms with Gasteiger partial charge in [-0.2, -0.15) is 0 Å². The van der Waals surface area contributed by atoms with Gasteiger partial charge in [0.25, 0.3) is 0 Å². The number of para-hydroxylation sites is 2. The minimum atomic E-state index is 1.03. The predicted molar refractivity (Wildman–Crippen MR) is 379 cm³/mol.